The highest BCUT2D eigenvalue weighted by Crippen LogP contribution is 2.30. The smallest absolute Gasteiger partial charge is 0.244 e. The highest BCUT2D eigenvalue weighted by atomic mass is 35.5. The number of nitrogens with one attached hydrogen (secondary N) is 1. The van der Waals surface area contributed by atoms with E-state index in [4.69, 9.17) is 23.2 Å². The van der Waals surface area contributed by atoms with Gasteiger partial charge in [-0.05, 0) is 47.6 Å². The summed E-state index contributed by atoms with van der Waals surface area (Å²) in [5.41, 5.74) is 1.93. The van der Waals surface area contributed by atoms with Crippen LogP contribution in [0, 0.1) is 0 Å². The molecule has 7 nitrogen and oxygen atoms in total. The number of hydrogen-bond acceptors (Lipinski definition) is 4. The van der Waals surface area contributed by atoms with E-state index in [2.05, 4.69) is 5.32 Å². The van der Waals surface area contributed by atoms with Crippen molar-refractivity contribution in [1.82, 2.24) is 10.2 Å². The quantitative estimate of drug-likeness (QED) is 0.187. The summed E-state index contributed by atoms with van der Waals surface area (Å²) in [6.45, 7) is -0.464. The lowest BCUT2D eigenvalue weighted by Crippen LogP contribution is -2.55. The van der Waals surface area contributed by atoms with Gasteiger partial charge in [0, 0.05) is 24.4 Å². The molecule has 0 radical (unpaired) electrons. The van der Waals surface area contributed by atoms with Crippen LogP contribution in [0.25, 0.3) is 10.8 Å². The number of sulfonamides is 1. The highest BCUT2D eigenvalue weighted by molar-refractivity contribution is 7.92. The van der Waals surface area contributed by atoms with Crippen molar-refractivity contribution in [1.29, 1.82) is 0 Å². The molecule has 1 N–H and O–H groups in total. The Morgan fingerprint density at radius 1 is 0.844 bits per heavy atom. The van der Waals surface area contributed by atoms with Gasteiger partial charge in [-0.2, -0.15) is 0 Å². The van der Waals surface area contributed by atoms with Crippen molar-refractivity contribution in [2.75, 3.05) is 17.1 Å². The molecule has 0 heterocycles. The summed E-state index contributed by atoms with van der Waals surface area (Å²) in [6, 6.07) is 26.5. The number of fused-ring (bicyclic) bond motifs is 1. The fraction of sp³-hybridized carbons (Fsp3) is 0.314. The zero-order chi connectivity index (χ0) is 32.0. The molecule has 0 bridgehead atoms. The first-order valence-electron chi connectivity index (χ1n) is 15.1. The molecule has 4 aromatic rings. The van der Waals surface area contributed by atoms with Crippen LogP contribution in [-0.2, 0) is 32.6 Å². The van der Waals surface area contributed by atoms with Gasteiger partial charge in [0.05, 0.1) is 22.0 Å². The van der Waals surface area contributed by atoms with Gasteiger partial charge < -0.3 is 10.2 Å². The van der Waals surface area contributed by atoms with E-state index in [1.54, 1.807) is 30.3 Å². The summed E-state index contributed by atoms with van der Waals surface area (Å²) >= 11 is 12.5. The topological polar surface area (TPSA) is 86.8 Å². The summed E-state index contributed by atoms with van der Waals surface area (Å²) in [6.07, 6.45) is 6.31. The van der Waals surface area contributed by atoms with Gasteiger partial charge >= 0.3 is 0 Å². The van der Waals surface area contributed by atoms with Crippen LogP contribution < -0.4 is 9.62 Å². The van der Waals surface area contributed by atoms with Gasteiger partial charge in [-0.1, -0.05) is 115 Å². The molecule has 1 saturated carbocycles. The minimum atomic E-state index is -3.90. The summed E-state index contributed by atoms with van der Waals surface area (Å²) < 4.78 is 27.7. The van der Waals surface area contributed by atoms with Crippen molar-refractivity contribution in [3.63, 3.8) is 0 Å². The van der Waals surface area contributed by atoms with Gasteiger partial charge in [0.25, 0.3) is 0 Å². The minimum Gasteiger partial charge on any atom is -0.352 e. The van der Waals surface area contributed by atoms with E-state index in [0.29, 0.717) is 26.7 Å². The van der Waals surface area contributed by atoms with Crippen LogP contribution in [0.3, 0.4) is 0 Å². The first-order valence-corrected chi connectivity index (χ1v) is 17.7. The molecule has 45 heavy (non-hydrogen) atoms. The maximum atomic E-state index is 14.5. The van der Waals surface area contributed by atoms with Gasteiger partial charge in [0.2, 0.25) is 21.8 Å². The van der Waals surface area contributed by atoms with Crippen LogP contribution in [-0.4, -0.2) is 50.0 Å². The van der Waals surface area contributed by atoms with Gasteiger partial charge in [-0.3, -0.25) is 13.9 Å². The lowest BCUT2D eigenvalue weighted by Gasteiger charge is -2.35. The van der Waals surface area contributed by atoms with Crippen molar-refractivity contribution < 1.29 is 18.0 Å². The number of anilines is 1. The molecule has 0 aromatic heterocycles. The van der Waals surface area contributed by atoms with E-state index in [1.807, 2.05) is 60.7 Å². The van der Waals surface area contributed by atoms with E-state index in [1.165, 1.54) is 4.90 Å². The Morgan fingerprint density at radius 2 is 1.53 bits per heavy atom. The number of carbonyl (C=O) groups excluding carboxylic acids is 2. The fourth-order valence-corrected chi connectivity index (χ4v) is 7.14. The van der Waals surface area contributed by atoms with Gasteiger partial charge in [0.15, 0.2) is 0 Å². The number of hydrogen-bond donors (Lipinski definition) is 1. The van der Waals surface area contributed by atoms with E-state index < -0.39 is 28.5 Å². The van der Waals surface area contributed by atoms with Crippen LogP contribution in [0.2, 0.25) is 10.0 Å². The fourth-order valence-electron chi connectivity index (χ4n) is 5.95. The first kappa shape index (κ1) is 32.8. The Hall–Kier alpha value is -3.59. The second-order valence-corrected chi connectivity index (χ2v) is 14.3. The first-order chi connectivity index (χ1) is 21.6. The van der Waals surface area contributed by atoms with Crippen molar-refractivity contribution in [3.8, 4) is 0 Å². The number of nitrogens with zero attached hydrogens (tertiary/aromatic N) is 2. The van der Waals surface area contributed by atoms with E-state index in [9.17, 15) is 18.0 Å². The molecule has 0 unspecified atom stereocenters. The number of rotatable bonds is 11. The van der Waals surface area contributed by atoms with Crippen molar-refractivity contribution in [2.24, 2.45) is 0 Å². The third kappa shape index (κ3) is 8.37. The SMILES string of the molecule is CS(=O)(=O)N(CC(=O)N(Cc1ccc(Cl)c(Cl)c1)[C@H](Cc1ccccc1)C(=O)NC1CCCCC1)c1cccc2ccccc12. The summed E-state index contributed by atoms with van der Waals surface area (Å²) in [5.74, 6) is -0.783. The van der Waals surface area contributed by atoms with Crippen LogP contribution in [0.4, 0.5) is 5.69 Å². The van der Waals surface area contributed by atoms with Crippen LogP contribution >= 0.6 is 23.2 Å². The Bertz CT molecular complexity index is 1760. The molecule has 10 heteroatoms. The maximum absolute atomic E-state index is 14.5. The standard InChI is InChI=1S/C35H37Cl2N3O4S/c1-45(43,44)40(32-18-10-14-27-13-8-9-17-29(27)32)24-34(41)39(23-26-19-20-30(36)31(37)21-26)33(22-25-11-4-2-5-12-25)35(42)38-28-15-6-3-7-16-28/h2,4-5,8-14,17-21,28,33H,3,6-7,15-16,22-24H2,1H3,(H,38,42)/t33-/m1/s1. The molecule has 4 aromatic carbocycles. The van der Waals surface area contributed by atoms with Crippen LogP contribution in [0.1, 0.15) is 43.2 Å². The molecule has 1 fully saturated rings. The van der Waals surface area contributed by atoms with Crippen LogP contribution in [0.5, 0.6) is 0 Å². The van der Waals surface area contributed by atoms with Crippen molar-refractivity contribution >= 4 is 61.5 Å². The predicted octanol–water partition coefficient (Wildman–Crippen LogP) is 7.00. The van der Waals surface area contributed by atoms with Gasteiger partial charge in [-0.15, -0.1) is 0 Å². The lowest BCUT2D eigenvalue weighted by atomic mass is 9.94. The summed E-state index contributed by atoms with van der Waals surface area (Å²) in [5, 5.41) is 5.44. The molecule has 1 atom stereocenters. The van der Waals surface area contributed by atoms with E-state index in [0.717, 1.165) is 53.6 Å². The average molecular weight is 667 g/mol. The number of halogens is 2. The highest BCUT2D eigenvalue weighted by Gasteiger charge is 2.34. The Kier molecular flexibility index (Phi) is 10.7. The van der Waals surface area contributed by atoms with Gasteiger partial charge in [-0.25, -0.2) is 8.42 Å². The summed E-state index contributed by atoms with van der Waals surface area (Å²) in [7, 11) is -3.90. The lowest BCUT2D eigenvalue weighted by molar-refractivity contribution is -0.140. The van der Waals surface area contributed by atoms with Crippen molar-refractivity contribution in [3.05, 3.63) is 112 Å². The molecule has 236 valence electrons. The van der Waals surface area contributed by atoms with Crippen molar-refractivity contribution in [2.45, 2.75) is 57.2 Å². The zero-order valence-electron chi connectivity index (χ0n) is 25.2. The third-order valence-electron chi connectivity index (χ3n) is 8.27. The number of amides is 2. The predicted molar refractivity (Wildman–Crippen MR) is 182 cm³/mol. The molecule has 5 rings (SSSR count). The second-order valence-electron chi connectivity index (χ2n) is 11.6. The molecule has 0 aliphatic heterocycles. The third-order valence-corrected chi connectivity index (χ3v) is 10.1. The Morgan fingerprint density at radius 3 is 2.24 bits per heavy atom. The normalized spacial score (nSPS) is 14.6. The Balaban J connectivity index is 1.55. The molecule has 2 amide bonds. The molecule has 0 saturated heterocycles. The minimum absolute atomic E-state index is 0.0228. The van der Waals surface area contributed by atoms with E-state index in [-0.39, 0.29) is 24.9 Å². The molecule has 1 aliphatic carbocycles. The number of carbonyl (C=O) groups is 2. The maximum Gasteiger partial charge on any atom is 0.244 e. The zero-order valence-corrected chi connectivity index (χ0v) is 27.5. The Labute approximate surface area is 275 Å². The molecular formula is C35H37Cl2N3O4S. The molecule has 1 aliphatic rings. The monoisotopic (exact) mass is 665 g/mol. The largest absolute Gasteiger partial charge is 0.352 e. The van der Waals surface area contributed by atoms with Gasteiger partial charge in [0.1, 0.15) is 12.6 Å². The average Bonchev–Trinajstić information content (AvgIpc) is 3.03. The molecular weight excluding hydrogens is 629 g/mol. The number of benzene rings is 4. The van der Waals surface area contributed by atoms with Crippen LogP contribution in [0.15, 0.2) is 91.0 Å². The summed E-state index contributed by atoms with van der Waals surface area (Å²) in [4.78, 5) is 30.1. The second kappa shape index (κ2) is 14.7. The molecule has 0 spiro atoms. The van der Waals surface area contributed by atoms with E-state index >= 15 is 0 Å².